The fraction of sp³-hybridized carbons (Fsp3) is 0.522. The molecule has 0 radical (unpaired) electrons. The Morgan fingerprint density at radius 1 is 1.06 bits per heavy atom. The van der Waals surface area contributed by atoms with E-state index < -0.39 is 0 Å². The number of morpholine rings is 1. The third-order valence-corrected chi connectivity index (χ3v) is 6.86. The van der Waals surface area contributed by atoms with Crippen molar-refractivity contribution in [2.45, 2.75) is 37.3 Å². The van der Waals surface area contributed by atoms with Crippen molar-refractivity contribution in [2.24, 2.45) is 7.05 Å². The second-order valence-corrected chi connectivity index (χ2v) is 8.76. The number of fused-ring (bicyclic) bond motifs is 1. The molecule has 2 aromatic rings. The largest absolute Gasteiger partial charge is 0.366 e. The molecular formula is C23H29N5O3. The first-order valence-corrected chi connectivity index (χ1v) is 11.1. The van der Waals surface area contributed by atoms with Gasteiger partial charge in [-0.1, -0.05) is 24.3 Å². The van der Waals surface area contributed by atoms with E-state index >= 15 is 0 Å². The first-order chi connectivity index (χ1) is 15.1. The van der Waals surface area contributed by atoms with E-state index in [1.54, 1.807) is 0 Å². The Balaban J connectivity index is 1.16. The van der Waals surface area contributed by atoms with Gasteiger partial charge in [0.2, 0.25) is 5.91 Å². The molecule has 3 saturated heterocycles. The summed E-state index contributed by atoms with van der Waals surface area (Å²) in [5.74, 6) is 0.382. The van der Waals surface area contributed by atoms with Crippen LogP contribution in [0.2, 0.25) is 0 Å². The van der Waals surface area contributed by atoms with Gasteiger partial charge in [0.05, 0.1) is 17.8 Å². The van der Waals surface area contributed by atoms with Gasteiger partial charge < -0.3 is 19.9 Å². The molecule has 1 unspecified atom stereocenters. The van der Waals surface area contributed by atoms with Crippen LogP contribution in [0.25, 0.3) is 11.3 Å². The summed E-state index contributed by atoms with van der Waals surface area (Å²) in [4.78, 5) is 28.5. The molecular weight excluding hydrogens is 394 g/mol. The summed E-state index contributed by atoms with van der Waals surface area (Å²) in [5.41, 5.74) is 3.61. The van der Waals surface area contributed by atoms with Gasteiger partial charge in [0, 0.05) is 39.4 Å². The molecule has 3 aliphatic heterocycles. The molecule has 1 aromatic carbocycles. The Morgan fingerprint density at radius 3 is 2.52 bits per heavy atom. The maximum absolute atomic E-state index is 13.1. The molecule has 1 N–H and O–H groups in total. The molecule has 0 saturated carbocycles. The van der Waals surface area contributed by atoms with Crippen LogP contribution >= 0.6 is 0 Å². The van der Waals surface area contributed by atoms with Gasteiger partial charge in [-0.25, -0.2) is 4.79 Å². The van der Waals surface area contributed by atoms with Gasteiger partial charge >= 0.3 is 6.03 Å². The fourth-order valence-electron chi connectivity index (χ4n) is 5.06. The SMILES string of the molecule is Cn1nccc1-c1ccc(C2CCN(C(=O)N3CCC4OCC(=O)N[C@@H]4C3)CC2)cc1. The third kappa shape index (κ3) is 4.04. The van der Waals surface area contributed by atoms with Crippen LogP contribution in [0.5, 0.6) is 0 Å². The average molecular weight is 424 g/mol. The molecule has 2 atom stereocenters. The zero-order valence-electron chi connectivity index (χ0n) is 17.9. The summed E-state index contributed by atoms with van der Waals surface area (Å²) in [6, 6.07) is 10.8. The van der Waals surface area contributed by atoms with Crippen LogP contribution in [0.4, 0.5) is 4.79 Å². The average Bonchev–Trinajstić information content (AvgIpc) is 3.24. The summed E-state index contributed by atoms with van der Waals surface area (Å²) < 4.78 is 7.48. The molecule has 1 aromatic heterocycles. The molecule has 164 valence electrons. The standard InChI is InChI=1S/C23H29N5O3/c1-26-20(6-10-24-26)18-4-2-16(3-5-18)17-7-11-27(12-8-17)23(30)28-13-9-21-19(14-28)25-22(29)15-31-21/h2-6,10,17,19,21H,7-9,11-15H2,1H3,(H,25,29)/t19-,21?/m1/s1. The van der Waals surface area contributed by atoms with E-state index in [-0.39, 0.29) is 30.7 Å². The van der Waals surface area contributed by atoms with Gasteiger partial charge in [0.25, 0.3) is 0 Å². The Kier molecular flexibility index (Phi) is 5.40. The third-order valence-electron chi connectivity index (χ3n) is 6.86. The molecule has 3 aliphatic rings. The van der Waals surface area contributed by atoms with E-state index in [4.69, 9.17) is 4.74 Å². The highest BCUT2D eigenvalue weighted by Gasteiger charge is 2.38. The van der Waals surface area contributed by atoms with Crippen molar-refractivity contribution in [1.29, 1.82) is 0 Å². The van der Waals surface area contributed by atoms with Crippen LogP contribution in [0, 0.1) is 0 Å². The molecule has 8 heteroatoms. The summed E-state index contributed by atoms with van der Waals surface area (Å²) in [6.07, 6.45) is 4.55. The number of nitrogens with one attached hydrogen (secondary N) is 1. The van der Waals surface area contributed by atoms with E-state index in [9.17, 15) is 9.59 Å². The van der Waals surface area contributed by atoms with E-state index in [2.05, 4.69) is 34.7 Å². The van der Waals surface area contributed by atoms with Crippen LogP contribution in [0.3, 0.4) is 0 Å². The van der Waals surface area contributed by atoms with Crippen molar-refractivity contribution in [3.63, 3.8) is 0 Å². The first-order valence-electron chi connectivity index (χ1n) is 11.1. The Morgan fingerprint density at radius 2 is 1.81 bits per heavy atom. The van der Waals surface area contributed by atoms with Crippen LogP contribution in [0.1, 0.15) is 30.7 Å². The number of likely N-dealkylation sites (tertiary alicyclic amines) is 2. The number of aromatic nitrogens is 2. The number of urea groups is 1. The number of hydrogen-bond donors (Lipinski definition) is 1. The van der Waals surface area contributed by atoms with Crippen LogP contribution in [-0.4, -0.2) is 76.5 Å². The maximum atomic E-state index is 13.1. The summed E-state index contributed by atoms with van der Waals surface area (Å²) in [7, 11) is 1.95. The highest BCUT2D eigenvalue weighted by molar-refractivity contribution is 5.79. The lowest BCUT2D eigenvalue weighted by molar-refractivity contribution is -0.139. The number of hydrogen-bond acceptors (Lipinski definition) is 4. The minimum atomic E-state index is -0.0919. The minimum absolute atomic E-state index is 0.0294. The number of ether oxygens (including phenoxy) is 1. The zero-order valence-corrected chi connectivity index (χ0v) is 17.9. The van der Waals surface area contributed by atoms with Gasteiger partial charge in [-0.3, -0.25) is 9.48 Å². The lowest BCUT2D eigenvalue weighted by Crippen LogP contribution is -2.62. The predicted octanol–water partition coefficient (Wildman–Crippen LogP) is 1.98. The Hall–Kier alpha value is -2.87. The van der Waals surface area contributed by atoms with Crippen LogP contribution in [-0.2, 0) is 16.6 Å². The van der Waals surface area contributed by atoms with Crippen LogP contribution < -0.4 is 5.32 Å². The number of nitrogens with zero attached hydrogens (tertiary/aromatic N) is 4. The second kappa shape index (κ2) is 8.34. The topological polar surface area (TPSA) is 79.7 Å². The van der Waals surface area contributed by atoms with Gasteiger partial charge in [0.1, 0.15) is 6.61 Å². The maximum Gasteiger partial charge on any atom is 0.320 e. The monoisotopic (exact) mass is 423 g/mol. The zero-order chi connectivity index (χ0) is 21.4. The van der Waals surface area contributed by atoms with Gasteiger partial charge in [-0.15, -0.1) is 0 Å². The second-order valence-electron chi connectivity index (χ2n) is 8.76. The van der Waals surface area contributed by atoms with E-state index in [1.165, 1.54) is 11.1 Å². The van der Waals surface area contributed by atoms with Crippen molar-refractivity contribution in [2.75, 3.05) is 32.8 Å². The number of carbonyl (C=O) groups excluding carboxylic acids is 2. The van der Waals surface area contributed by atoms with Gasteiger partial charge in [-0.05, 0) is 42.4 Å². The van der Waals surface area contributed by atoms with Gasteiger partial charge in [-0.2, -0.15) is 5.10 Å². The van der Waals surface area contributed by atoms with Crippen LogP contribution in [0.15, 0.2) is 36.5 Å². The first kappa shape index (κ1) is 20.1. The molecule has 3 fully saturated rings. The fourth-order valence-corrected chi connectivity index (χ4v) is 5.06. The lowest BCUT2D eigenvalue weighted by Gasteiger charge is -2.43. The molecule has 0 aliphatic carbocycles. The number of benzene rings is 1. The summed E-state index contributed by atoms with van der Waals surface area (Å²) in [5, 5.41) is 7.21. The predicted molar refractivity (Wildman–Crippen MR) is 115 cm³/mol. The lowest BCUT2D eigenvalue weighted by atomic mass is 9.89. The number of rotatable bonds is 2. The molecule has 5 rings (SSSR count). The van der Waals surface area contributed by atoms with Crippen molar-refractivity contribution < 1.29 is 14.3 Å². The highest BCUT2D eigenvalue weighted by Crippen LogP contribution is 2.30. The smallest absolute Gasteiger partial charge is 0.320 e. The van der Waals surface area contributed by atoms with Crippen molar-refractivity contribution in [1.82, 2.24) is 24.9 Å². The molecule has 8 nitrogen and oxygen atoms in total. The number of amides is 3. The molecule has 3 amide bonds. The quantitative estimate of drug-likeness (QED) is 0.801. The number of aryl methyl sites for hydroxylation is 1. The van der Waals surface area contributed by atoms with E-state index in [0.29, 0.717) is 19.0 Å². The van der Waals surface area contributed by atoms with Crippen molar-refractivity contribution >= 4 is 11.9 Å². The normalized spacial score (nSPS) is 24.6. The molecule has 0 spiro atoms. The highest BCUT2D eigenvalue weighted by atomic mass is 16.5. The molecule has 4 heterocycles. The minimum Gasteiger partial charge on any atom is -0.366 e. The number of piperidine rings is 2. The summed E-state index contributed by atoms with van der Waals surface area (Å²) >= 11 is 0. The number of carbonyl (C=O) groups is 2. The van der Waals surface area contributed by atoms with Gasteiger partial charge in [0.15, 0.2) is 0 Å². The van der Waals surface area contributed by atoms with Crippen molar-refractivity contribution in [3.8, 4) is 11.3 Å². The molecule has 31 heavy (non-hydrogen) atoms. The van der Waals surface area contributed by atoms with Crippen molar-refractivity contribution in [3.05, 3.63) is 42.1 Å². The Bertz CT molecular complexity index is 948. The van der Waals surface area contributed by atoms with E-state index in [0.717, 1.165) is 38.0 Å². The van der Waals surface area contributed by atoms with E-state index in [1.807, 2.05) is 33.8 Å². The molecule has 0 bridgehead atoms. The Labute approximate surface area is 182 Å². The summed E-state index contributed by atoms with van der Waals surface area (Å²) in [6.45, 7) is 2.88.